The lowest BCUT2D eigenvalue weighted by Gasteiger charge is -2.22. The first-order valence-corrected chi connectivity index (χ1v) is 9.85. The van der Waals surface area contributed by atoms with Gasteiger partial charge in [-0.25, -0.2) is 9.48 Å². The zero-order valence-electron chi connectivity index (χ0n) is 16.8. The minimum Gasteiger partial charge on any atom is -0.427 e. The summed E-state index contributed by atoms with van der Waals surface area (Å²) in [6.45, 7) is 3.84. The number of benzene rings is 1. The second-order valence-corrected chi connectivity index (χ2v) is 7.30. The van der Waals surface area contributed by atoms with Crippen LogP contribution in [-0.2, 0) is 6.54 Å². The fourth-order valence-electron chi connectivity index (χ4n) is 3.76. The third-order valence-corrected chi connectivity index (χ3v) is 5.28. The number of aryl methyl sites for hydroxylation is 1. The first kappa shape index (κ1) is 21.8. The maximum Gasteiger partial charge on any atom is 0.349 e. The van der Waals surface area contributed by atoms with E-state index in [4.69, 9.17) is 4.42 Å². The van der Waals surface area contributed by atoms with Gasteiger partial charge in [0, 0.05) is 31.4 Å². The molecule has 1 aromatic carbocycles. The van der Waals surface area contributed by atoms with Crippen molar-refractivity contribution in [2.24, 2.45) is 0 Å². The summed E-state index contributed by atoms with van der Waals surface area (Å²) in [6.07, 6.45) is 5.57. The molecule has 1 saturated heterocycles. The fourth-order valence-corrected chi connectivity index (χ4v) is 3.76. The zero-order valence-corrected chi connectivity index (χ0v) is 17.6. The molecule has 3 aromatic rings. The smallest absolute Gasteiger partial charge is 0.349 e. The average Bonchev–Trinajstić information content (AvgIpc) is 3.27. The maximum absolute atomic E-state index is 12.7. The van der Waals surface area contributed by atoms with Crippen LogP contribution in [0.2, 0.25) is 0 Å². The van der Waals surface area contributed by atoms with Crippen molar-refractivity contribution < 1.29 is 9.21 Å². The van der Waals surface area contributed by atoms with E-state index in [1.165, 1.54) is 0 Å². The number of nitrogens with one attached hydrogen (secondary N) is 2. The molecule has 7 nitrogen and oxygen atoms in total. The number of para-hydroxylation sites is 1. The van der Waals surface area contributed by atoms with E-state index in [-0.39, 0.29) is 30.4 Å². The first-order valence-electron chi connectivity index (χ1n) is 9.85. The van der Waals surface area contributed by atoms with Gasteiger partial charge in [-0.1, -0.05) is 18.2 Å². The summed E-state index contributed by atoms with van der Waals surface area (Å²) in [6, 6.07) is 11.3. The Bertz CT molecular complexity index is 1060. The predicted molar refractivity (Wildman–Crippen MR) is 117 cm³/mol. The molecule has 1 fully saturated rings. The van der Waals surface area contributed by atoms with Gasteiger partial charge in [-0.2, -0.15) is 5.10 Å². The van der Waals surface area contributed by atoms with Gasteiger partial charge < -0.3 is 15.1 Å². The standard InChI is InChI=1S/C22H24N4O3.ClH/c1-15-12-19(17-7-4-9-23-13-17)29-22(28)20(15)21(27)24-14-16-6-2-3-8-18(16)26-11-5-10-25-26;/h2-3,5-6,8,10-12,17,23H,4,7,9,13-14H2,1H3,(H,24,27);1H. The second-order valence-electron chi connectivity index (χ2n) is 7.30. The number of hydrogen-bond acceptors (Lipinski definition) is 5. The largest absolute Gasteiger partial charge is 0.427 e. The molecule has 0 saturated carbocycles. The zero-order chi connectivity index (χ0) is 20.2. The van der Waals surface area contributed by atoms with E-state index in [2.05, 4.69) is 15.7 Å². The van der Waals surface area contributed by atoms with Crippen molar-refractivity contribution in [1.82, 2.24) is 20.4 Å². The highest BCUT2D eigenvalue weighted by atomic mass is 35.5. The molecule has 4 rings (SSSR count). The fraction of sp³-hybridized carbons (Fsp3) is 0.318. The molecule has 0 radical (unpaired) electrons. The van der Waals surface area contributed by atoms with Crippen molar-refractivity contribution in [2.75, 3.05) is 13.1 Å². The molecule has 0 aliphatic carbocycles. The lowest BCUT2D eigenvalue weighted by Crippen LogP contribution is -2.31. The molecule has 3 heterocycles. The maximum atomic E-state index is 12.7. The van der Waals surface area contributed by atoms with Gasteiger partial charge in [0.2, 0.25) is 0 Å². The van der Waals surface area contributed by atoms with Crippen molar-refractivity contribution in [3.05, 3.63) is 81.7 Å². The minimum atomic E-state index is -0.580. The molecule has 1 aliphatic rings. The van der Waals surface area contributed by atoms with Crippen LogP contribution in [0.4, 0.5) is 0 Å². The lowest BCUT2D eigenvalue weighted by atomic mass is 9.95. The van der Waals surface area contributed by atoms with Crippen LogP contribution in [0.5, 0.6) is 0 Å². The van der Waals surface area contributed by atoms with Crippen LogP contribution in [0.1, 0.15) is 46.0 Å². The quantitative estimate of drug-likeness (QED) is 0.652. The molecule has 158 valence electrons. The molecule has 1 amide bonds. The molecule has 1 atom stereocenters. The Balaban J connectivity index is 0.00000256. The molecule has 2 N–H and O–H groups in total. The monoisotopic (exact) mass is 428 g/mol. The van der Waals surface area contributed by atoms with Crippen LogP contribution in [-0.4, -0.2) is 28.8 Å². The normalized spacial score (nSPS) is 16.0. The number of hydrogen-bond donors (Lipinski definition) is 2. The molecular weight excluding hydrogens is 404 g/mol. The van der Waals surface area contributed by atoms with E-state index in [1.54, 1.807) is 17.8 Å². The summed E-state index contributed by atoms with van der Waals surface area (Å²) in [4.78, 5) is 25.3. The summed E-state index contributed by atoms with van der Waals surface area (Å²) >= 11 is 0. The van der Waals surface area contributed by atoms with E-state index < -0.39 is 11.5 Å². The van der Waals surface area contributed by atoms with Gasteiger partial charge in [0.15, 0.2) is 0 Å². The highest BCUT2D eigenvalue weighted by Gasteiger charge is 2.22. The Kier molecular flexibility index (Phi) is 7.07. The van der Waals surface area contributed by atoms with Gasteiger partial charge in [0.1, 0.15) is 11.3 Å². The number of piperidine rings is 1. The number of amides is 1. The second kappa shape index (κ2) is 9.73. The highest BCUT2D eigenvalue weighted by Crippen LogP contribution is 2.23. The number of aromatic nitrogens is 2. The average molecular weight is 429 g/mol. The number of carbonyl (C=O) groups excluding carboxylic acids is 1. The van der Waals surface area contributed by atoms with Gasteiger partial charge in [-0.15, -0.1) is 12.4 Å². The van der Waals surface area contributed by atoms with E-state index in [0.717, 1.165) is 37.2 Å². The van der Waals surface area contributed by atoms with Crippen LogP contribution in [0.15, 0.2) is 58.0 Å². The number of rotatable bonds is 5. The Labute approximate surface area is 180 Å². The van der Waals surface area contributed by atoms with Crippen LogP contribution >= 0.6 is 12.4 Å². The van der Waals surface area contributed by atoms with Crippen LogP contribution in [0, 0.1) is 6.92 Å². The van der Waals surface area contributed by atoms with E-state index in [1.807, 2.05) is 42.6 Å². The Morgan fingerprint density at radius 2 is 2.17 bits per heavy atom. The summed E-state index contributed by atoms with van der Waals surface area (Å²) < 4.78 is 7.26. The van der Waals surface area contributed by atoms with E-state index in [9.17, 15) is 9.59 Å². The summed E-state index contributed by atoms with van der Waals surface area (Å²) in [5.41, 5.74) is 1.90. The van der Waals surface area contributed by atoms with Crippen molar-refractivity contribution in [3.8, 4) is 5.69 Å². The molecule has 2 aromatic heterocycles. The van der Waals surface area contributed by atoms with Crippen molar-refractivity contribution in [3.63, 3.8) is 0 Å². The van der Waals surface area contributed by atoms with Gasteiger partial charge in [0.25, 0.3) is 5.91 Å². The Morgan fingerprint density at radius 3 is 2.87 bits per heavy atom. The predicted octanol–water partition coefficient (Wildman–Crippen LogP) is 2.95. The van der Waals surface area contributed by atoms with Crippen LogP contribution in [0.3, 0.4) is 0 Å². The van der Waals surface area contributed by atoms with Crippen LogP contribution < -0.4 is 16.3 Å². The molecule has 0 spiro atoms. The lowest BCUT2D eigenvalue weighted by molar-refractivity contribution is 0.0945. The molecule has 30 heavy (non-hydrogen) atoms. The number of nitrogens with zero attached hydrogens (tertiary/aromatic N) is 2. The summed E-state index contributed by atoms with van der Waals surface area (Å²) in [7, 11) is 0. The molecule has 8 heteroatoms. The molecule has 1 unspecified atom stereocenters. The van der Waals surface area contributed by atoms with Crippen molar-refractivity contribution in [1.29, 1.82) is 0 Å². The van der Waals surface area contributed by atoms with Crippen LogP contribution in [0.25, 0.3) is 5.69 Å². The topological polar surface area (TPSA) is 89.2 Å². The number of carbonyl (C=O) groups is 1. The Morgan fingerprint density at radius 1 is 1.33 bits per heavy atom. The van der Waals surface area contributed by atoms with Gasteiger partial charge in [0.05, 0.1) is 5.69 Å². The summed E-state index contributed by atoms with van der Waals surface area (Å²) in [5.74, 6) is 0.397. The minimum absolute atomic E-state index is 0. The van der Waals surface area contributed by atoms with E-state index >= 15 is 0 Å². The van der Waals surface area contributed by atoms with E-state index in [0.29, 0.717) is 11.3 Å². The highest BCUT2D eigenvalue weighted by molar-refractivity contribution is 5.95. The first-order chi connectivity index (χ1) is 14.1. The SMILES string of the molecule is Cc1cc(C2CCCNC2)oc(=O)c1C(=O)NCc1ccccc1-n1cccn1.Cl. The van der Waals surface area contributed by atoms with Gasteiger partial charge >= 0.3 is 5.63 Å². The third kappa shape index (κ3) is 4.63. The van der Waals surface area contributed by atoms with Crippen molar-refractivity contribution in [2.45, 2.75) is 32.2 Å². The van der Waals surface area contributed by atoms with Gasteiger partial charge in [-0.3, -0.25) is 4.79 Å². The molecule has 0 bridgehead atoms. The van der Waals surface area contributed by atoms with Crippen molar-refractivity contribution >= 4 is 18.3 Å². The third-order valence-electron chi connectivity index (χ3n) is 5.28. The molecule has 1 aliphatic heterocycles. The van der Waals surface area contributed by atoms with Gasteiger partial charge in [-0.05, 0) is 55.6 Å². The molecular formula is C22H25ClN4O3. The number of halogens is 1. The summed E-state index contributed by atoms with van der Waals surface area (Å²) in [5, 5.41) is 10.4. The Hall–Kier alpha value is -2.90.